The third-order valence-electron chi connectivity index (χ3n) is 0.854. The van der Waals surface area contributed by atoms with Crippen molar-refractivity contribution in [2.45, 2.75) is 0 Å². The SMILES string of the molecule is C=CN1C=CCN1. The van der Waals surface area contributed by atoms with E-state index in [1.165, 1.54) is 0 Å². The van der Waals surface area contributed by atoms with Crippen LogP contribution in [0.5, 0.6) is 0 Å². The molecule has 0 spiro atoms. The van der Waals surface area contributed by atoms with Gasteiger partial charge in [-0.1, -0.05) is 12.7 Å². The number of hydrogen-bond donors (Lipinski definition) is 1. The number of hydrogen-bond acceptors (Lipinski definition) is 2. The van der Waals surface area contributed by atoms with Gasteiger partial charge in [0.15, 0.2) is 0 Å². The molecule has 2 heteroatoms. The van der Waals surface area contributed by atoms with Crippen molar-refractivity contribution in [1.29, 1.82) is 0 Å². The van der Waals surface area contributed by atoms with Crippen LogP contribution in [-0.4, -0.2) is 11.6 Å². The van der Waals surface area contributed by atoms with Gasteiger partial charge >= 0.3 is 0 Å². The molecule has 0 saturated carbocycles. The average molecular weight is 96.1 g/mol. The molecule has 0 radical (unpaired) electrons. The quantitative estimate of drug-likeness (QED) is 0.510. The molecule has 2 nitrogen and oxygen atoms in total. The average Bonchev–Trinajstić information content (AvgIpc) is 2.14. The maximum Gasteiger partial charge on any atom is 0.0352 e. The summed E-state index contributed by atoms with van der Waals surface area (Å²) < 4.78 is 0. The van der Waals surface area contributed by atoms with E-state index in [1.807, 2.05) is 17.3 Å². The largest absolute Gasteiger partial charge is 0.292 e. The summed E-state index contributed by atoms with van der Waals surface area (Å²) in [7, 11) is 0. The molecule has 0 bridgehead atoms. The Balaban J connectivity index is 2.42. The van der Waals surface area contributed by atoms with Crippen LogP contribution < -0.4 is 5.43 Å². The molecule has 0 atom stereocenters. The fourth-order valence-corrected chi connectivity index (χ4v) is 0.502. The van der Waals surface area contributed by atoms with Crippen molar-refractivity contribution in [3.05, 3.63) is 25.1 Å². The van der Waals surface area contributed by atoms with E-state index in [-0.39, 0.29) is 0 Å². The summed E-state index contributed by atoms with van der Waals surface area (Å²) in [4.78, 5) is 0. The van der Waals surface area contributed by atoms with Gasteiger partial charge in [0.05, 0.1) is 0 Å². The Morgan fingerprint density at radius 3 is 3.00 bits per heavy atom. The van der Waals surface area contributed by atoms with Crippen molar-refractivity contribution in [2.75, 3.05) is 6.54 Å². The van der Waals surface area contributed by atoms with Gasteiger partial charge in [-0.25, -0.2) is 5.43 Å². The Hall–Kier alpha value is -0.760. The lowest BCUT2D eigenvalue weighted by Gasteiger charge is -2.06. The van der Waals surface area contributed by atoms with Gasteiger partial charge in [0.2, 0.25) is 0 Å². The van der Waals surface area contributed by atoms with E-state index in [9.17, 15) is 0 Å². The first kappa shape index (κ1) is 4.40. The molecule has 0 aromatic rings. The van der Waals surface area contributed by atoms with Crippen LogP contribution in [0.3, 0.4) is 0 Å². The maximum absolute atomic E-state index is 3.55. The zero-order valence-corrected chi connectivity index (χ0v) is 4.09. The Bertz CT molecular complexity index is 96.3. The van der Waals surface area contributed by atoms with E-state index in [2.05, 4.69) is 12.0 Å². The Kier molecular flexibility index (Phi) is 1.13. The fraction of sp³-hybridized carbons (Fsp3) is 0.200. The normalized spacial score (nSPS) is 18.0. The molecule has 38 valence electrons. The molecule has 1 rings (SSSR count). The lowest BCUT2D eigenvalue weighted by Crippen LogP contribution is -2.22. The van der Waals surface area contributed by atoms with Crippen molar-refractivity contribution >= 4 is 0 Å². The standard InChI is InChI=1S/C5H8N2/c1-2-7-5-3-4-6-7/h2-3,5-6H,1,4H2. The molecule has 0 aliphatic carbocycles. The fourth-order valence-electron chi connectivity index (χ4n) is 0.502. The van der Waals surface area contributed by atoms with Crippen LogP contribution >= 0.6 is 0 Å². The Labute approximate surface area is 43.1 Å². The second-order valence-corrected chi connectivity index (χ2v) is 1.34. The molecular formula is C5H8N2. The van der Waals surface area contributed by atoms with Gasteiger partial charge in [-0.2, -0.15) is 0 Å². The monoisotopic (exact) mass is 96.1 g/mol. The highest BCUT2D eigenvalue weighted by atomic mass is 15.5. The topological polar surface area (TPSA) is 15.3 Å². The first-order valence-electron chi connectivity index (χ1n) is 2.24. The zero-order chi connectivity index (χ0) is 5.11. The van der Waals surface area contributed by atoms with Gasteiger partial charge in [0.25, 0.3) is 0 Å². The van der Waals surface area contributed by atoms with Gasteiger partial charge < -0.3 is 0 Å². The van der Waals surface area contributed by atoms with Crippen LogP contribution in [0, 0.1) is 0 Å². The minimum atomic E-state index is 0.923. The van der Waals surface area contributed by atoms with E-state index in [0.29, 0.717) is 0 Å². The summed E-state index contributed by atoms with van der Waals surface area (Å²) in [6.07, 6.45) is 5.69. The van der Waals surface area contributed by atoms with Crippen molar-refractivity contribution in [3.63, 3.8) is 0 Å². The molecule has 0 saturated heterocycles. The maximum atomic E-state index is 3.55. The van der Waals surface area contributed by atoms with Crippen molar-refractivity contribution < 1.29 is 0 Å². The van der Waals surface area contributed by atoms with Gasteiger partial charge in [-0.15, -0.1) is 0 Å². The smallest absolute Gasteiger partial charge is 0.0352 e. The van der Waals surface area contributed by atoms with E-state index in [1.54, 1.807) is 6.20 Å². The van der Waals surface area contributed by atoms with Crippen LogP contribution in [0.15, 0.2) is 25.1 Å². The highest BCUT2D eigenvalue weighted by Crippen LogP contribution is 1.89. The predicted octanol–water partition coefficient (Wildman–Crippen LogP) is 0.464. The summed E-state index contributed by atoms with van der Waals surface area (Å²) in [6.45, 7) is 4.48. The van der Waals surface area contributed by atoms with Crippen molar-refractivity contribution in [1.82, 2.24) is 10.4 Å². The second kappa shape index (κ2) is 1.80. The zero-order valence-electron chi connectivity index (χ0n) is 4.09. The first-order chi connectivity index (χ1) is 3.43. The Morgan fingerprint density at radius 1 is 1.86 bits per heavy atom. The lowest BCUT2D eigenvalue weighted by molar-refractivity contribution is 0.419. The second-order valence-electron chi connectivity index (χ2n) is 1.34. The molecule has 1 aliphatic rings. The van der Waals surface area contributed by atoms with Crippen LogP contribution in [0.25, 0.3) is 0 Å². The summed E-state index contributed by atoms with van der Waals surface area (Å²) in [5.41, 5.74) is 3.01. The van der Waals surface area contributed by atoms with E-state index < -0.39 is 0 Å². The minimum Gasteiger partial charge on any atom is -0.292 e. The van der Waals surface area contributed by atoms with Gasteiger partial charge in [0, 0.05) is 18.9 Å². The van der Waals surface area contributed by atoms with E-state index >= 15 is 0 Å². The minimum absolute atomic E-state index is 0.923. The molecule has 0 aromatic carbocycles. The van der Waals surface area contributed by atoms with Crippen LogP contribution in [0.1, 0.15) is 0 Å². The van der Waals surface area contributed by atoms with Crippen LogP contribution in [0.4, 0.5) is 0 Å². The summed E-state index contributed by atoms with van der Waals surface area (Å²) in [5.74, 6) is 0. The van der Waals surface area contributed by atoms with Crippen molar-refractivity contribution in [2.24, 2.45) is 0 Å². The molecule has 1 N–H and O–H groups in total. The number of nitrogens with one attached hydrogen (secondary N) is 1. The number of hydrazine groups is 1. The third-order valence-corrected chi connectivity index (χ3v) is 0.854. The molecule has 0 aromatic heterocycles. The highest BCUT2D eigenvalue weighted by Gasteiger charge is 1.93. The van der Waals surface area contributed by atoms with E-state index in [4.69, 9.17) is 0 Å². The Morgan fingerprint density at radius 2 is 2.71 bits per heavy atom. The van der Waals surface area contributed by atoms with Gasteiger partial charge in [0.1, 0.15) is 0 Å². The van der Waals surface area contributed by atoms with Crippen LogP contribution in [0.2, 0.25) is 0 Å². The van der Waals surface area contributed by atoms with Gasteiger partial charge in [-0.05, 0) is 0 Å². The lowest BCUT2D eigenvalue weighted by atomic mass is 10.7. The first-order valence-corrected chi connectivity index (χ1v) is 2.24. The van der Waals surface area contributed by atoms with E-state index in [0.717, 1.165) is 6.54 Å². The molecular weight excluding hydrogens is 88.1 g/mol. The van der Waals surface area contributed by atoms with Crippen LogP contribution in [-0.2, 0) is 0 Å². The number of rotatable bonds is 1. The summed E-state index contributed by atoms with van der Waals surface area (Å²) in [5, 5.41) is 1.82. The molecule has 0 amide bonds. The summed E-state index contributed by atoms with van der Waals surface area (Å²) >= 11 is 0. The molecule has 0 unspecified atom stereocenters. The highest BCUT2D eigenvalue weighted by molar-refractivity contribution is 4.93. The number of nitrogens with zero attached hydrogens (tertiary/aromatic N) is 1. The molecule has 1 heterocycles. The van der Waals surface area contributed by atoms with Crippen molar-refractivity contribution in [3.8, 4) is 0 Å². The molecule has 7 heavy (non-hydrogen) atoms. The third kappa shape index (κ3) is 0.810. The predicted molar refractivity (Wildman–Crippen MR) is 29.2 cm³/mol. The summed E-state index contributed by atoms with van der Waals surface area (Å²) in [6, 6.07) is 0. The molecule has 1 aliphatic heterocycles. The molecule has 0 fully saturated rings. The van der Waals surface area contributed by atoms with Gasteiger partial charge in [-0.3, -0.25) is 5.01 Å².